The molecule has 0 radical (unpaired) electrons. The largest absolute Gasteiger partial charge is 0.491 e. The third kappa shape index (κ3) is 6.84. The van der Waals surface area contributed by atoms with E-state index in [9.17, 15) is 9.59 Å². The summed E-state index contributed by atoms with van der Waals surface area (Å²) in [6, 6.07) is 12.9. The molecule has 1 amide bonds. The van der Waals surface area contributed by atoms with Gasteiger partial charge in [-0.3, -0.25) is 4.79 Å². The van der Waals surface area contributed by atoms with Crippen molar-refractivity contribution in [1.82, 2.24) is 4.90 Å². The van der Waals surface area contributed by atoms with Crippen LogP contribution in [0.3, 0.4) is 0 Å². The second-order valence-corrected chi connectivity index (χ2v) is 6.55. The maximum Gasteiger partial charge on any atom is 0.331 e. The molecular weight excluding hydrogens is 394 g/mol. The van der Waals surface area contributed by atoms with E-state index in [0.717, 1.165) is 5.56 Å². The Morgan fingerprint density at radius 3 is 2.55 bits per heavy atom. The molecule has 0 heterocycles. The lowest BCUT2D eigenvalue weighted by atomic mass is 10.2. The minimum absolute atomic E-state index is 0.290. The number of carbonyl (C=O) groups is 2. The molecule has 154 valence electrons. The van der Waals surface area contributed by atoms with Crippen molar-refractivity contribution in [2.75, 3.05) is 27.4 Å². The van der Waals surface area contributed by atoms with Crippen molar-refractivity contribution in [2.24, 2.45) is 0 Å². The van der Waals surface area contributed by atoms with Gasteiger partial charge in [-0.05, 0) is 36.3 Å². The first-order chi connectivity index (χ1) is 13.9. The molecular formula is C22H24ClNO5. The fourth-order valence-electron chi connectivity index (χ4n) is 2.55. The van der Waals surface area contributed by atoms with Gasteiger partial charge in [-0.25, -0.2) is 4.79 Å². The summed E-state index contributed by atoms with van der Waals surface area (Å²) in [6.07, 6.45) is 2.77. The molecule has 0 fully saturated rings. The van der Waals surface area contributed by atoms with Gasteiger partial charge in [0.15, 0.2) is 18.1 Å². The van der Waals surface area contributed by atoms with Gasteiger partial charge in [0, 0.05) is 19.7 Å². The number of benzene rings is 2. The van der Waals surface area contributed by atoms with Gasteiger partial charge in [-0.2, -0.15) is 0 Å². The standard InChI is InChI=1S/C22H24ClNO5/c1-4-28-19-13-17(12-18(23)22(19)27-3)10-11-21(26)29-15-20(25)24(2)14-16-8-6-5-7-9-16/h5-13H,4,14-15H2,1-3H3/b11-10+. The minimum atomic E-state index is -0.628. The molecule has 2 rings (SSSR count). The van der Waals surface area contributed by atoms with E-state index >= 15 is 0 Å². The molecule has 0 unspecified atom stereocenters. The van der Waals surface area contributed by atoms with Crippen LogP contribution in [0, 0.1) is 0 Å². The highest BCUT2D eigenvalue weighted by atomic mass is 35.5. The molecule has 0 aliphatic heterocycles. The SMILES string of the molecule is CCOc1cc(/C=C/C(=O)OCC(=O)N(C)Cc2ccccc2)cc(Cl)c1OC. The molecule has 29 heavy (non-hydrogen) atoms. The third-order valence-electron chi connectivity index (χ3n) is 3.97. The summed E-state index contributed by atoms with van der Waals surface area (Å²) in [5.41, 5.74) is 1.64. The minimum Gasteiger partial charge on any atom is -0.491 e. The zero-order valence-corrected chi connectivity index (χ0v) is 17.4. The smallest absolute Gasteiger partial charge is 0.331 e. The molecule has 7 heteroatoms. The zero-order chi connectivity index (χ0) is 21.2. The number of ether oxygens (including phenoxy) is 3. The van der Waals surface area contributed by atoms with Gasteiger partial charge in [-0.1, -0.05) is 41.9 Å². The van der Waals surface area contributed by atoms with Gasteiger partial charge in [0.25, 0.3) is 5.91 Å². The van der Waals surface area contributed by atoms with E-state index < -0.39 is 5.97 Å². The summed E-state index contributed by atoms with van der Waals surface area (Å²) < 4.78 is 15.8. The third-order valence-corrected chi connectivity index (χ3v) is 4.25. The van der Waals surface area contributed by atoms with Gasteiger partial charge in [-0.15, -0.1) is 0 Å². The van der Waals surface area contributed by atoms with Crippen LogP contribution in [0.1, 0.15) is 18.1 Å². The maximum absolute atomic E-state index is 12.1. The summed E-state index contributed by atoms with van der Waals surface area (Å²) in [7, 11) is 3.16. The van der Waals surface area contributed by atoms with Crippen molar-refractivity contribution in [3.8, 4) is 11.5 Å². The summed E-state index contributed by atoms with van der Waals surface area (Å²) >= 11 is 6.18. The van der Waals surface area contributed by atoms with E-state index in [2.05, 4.69) is 0 Å². The first-order valence-electron chi connectivity index (χ1n) is 9.07. The van der Waals surface area contributed by atoms with Crippen LogP contribution in [0.5, 0.6) is 11.5 Å². The van der Waals surface area contributed by atoms with Crippen LogP contribution in [0.4, 0.5) is 0 Å². The molecule has 2 aromatic rings. The molecule has 0 saturated carbocycles. The molecule has 0 aromatic heterocycles. The number of amides is 1. The second kappa shape index (κ2) is 11.1. The Bertz CT molecular complexity index is 867. The highest BCUT2D eigenvalue weighted by Crippen LogP contribution is 2.36. The molecule has 6 nitrogen and oxygen atoms in total. The van der Waals surface area contributed by atoms with Gasteiger partial charge in [0.05, 0.1) is 18.7 Å². The van der Waals surface area contributed by atoms with Crippen LogP contribution in [0.15, 0.2) is 48.5 Å². The summed E-state index contributed by atoms with van der Waals surface area (Å²) in [4.78, 5) is 25.6. The van der Waals surface area contributed by atoms with Crippen molar-refractivity contribution in [3.63, 3.8) is 0 Å². The van der Waals surface area contributed by atoms with Gasteiger partial charge in [0.1, 0.15) is 0 Å². The Labute approximate surface area is 175 Å². The van der Waals surface area contributed by atoms with Gasteiger partial charge < -0.3 is 19.1 Å². The van der Waals surface area contributed by atoms with E-state index in [1.165, 1.54) is 24.2 Å². The van der Waals surface area contributed by atoms with Crippen molar-refractivity contribution < 1.29 is 23.8 Å². The quantitative estimate of drug-likeness (QED) is 0.456. The molecule has 2 aromatic carbocycles. The predicted octanol–water partition coefficient (Wildman–Crippen LogP) is 3.96. The molecule has 0 spiro atoms. The molecule has 0 saturated heterocycles. The van der Waals surface area contributed by atoms with Gasteiger partial charge in [0.2, 0.25) is 0 Å². The van der Waals surface area contributed by atoms with Crippen molar-refractivity contribution in [1.29, 1.82) is 0 Å². The van der Waals surface area contributed by atoms with E-state index in [1.807, 2.05) is 37.3 Å². The Hall–Kier alpha value is -2.99. The van der Waals surface area contributed by atoms with Crippen molar-refractivity contribution in [3.05, 3.63) is 64.7 Å². The molecule has 0 aliphatic carbocycles. The number of hydrogen-bond acceptors (Lipinski definition) is 5. The van der Waals surface area contributed by atoms with E-state index in [1.54, 1.807) is 19.2 Å². The lowest BCUT2D eigenvalue weighted by Crippen LogP contribution is -2.30. The average molecular weight is 418 g/mol. The van der Waals surface area contributed by atoms with Gasteiger partial charge >= 0.3 is 5.97 Å². The first kappa shape index (κ1) is 22.3. The van der Waals surface area contributed by atoms with Crippen LogP contribution in [-0.2, 0) is 20.9 Å². The number of rotatable bonds is 9. The first-order valence-corrected chi connectivity index (χ1v) is 9.45. The number of methoxy groups -OCH3 is 1. The average Bonchev–Trinajstić information content (AvgIpc) is 2.71. The summed E-state index contributed by atoms with van der Waals surface area (Å²) in [5.74, 6) is -0.00777. The highest BCUT2D eigenvalue weighted by Gasteiger charge is 2.12. The summed E-state index contributed by atoms with van der Waals surface area (Å²) in [5, 5.41) is 0.365. The van der Waals surface area contributed by atoms with Crippen LogP contribution in [0.25, 0.3) is 6.08 Å². The highest BCUT2D eigenvalue weighted by molar-refractivity contribution is 6.32. The van der Waals surface area contributed by atoms with E-state index in [4.69, 9.17) is 25.8 Å². The normalized spacial score (nSPS) is 10.6. The van der Waals surface area contributed by atoms with Crippen LogP contribution in [0.2, 0.25) is 5.02 Å². The zero-order valence-electron chi connectivity index (χ0n) is 16.7. The number of hydrogen-bond donors (Lipinski definition) is 0. The number of esters is 1. The Kier molecular flexibility index (Phi) is 8.55. The van der Waals surface area contributed by atoms with E-state index in [0.29, 0.717) is 35.2 Å². The molecule has 0 N–H and O–H groups in total. The fraction of sp³-hybridized carbons (Fsp3) is 0.273. The van der Waals surface area contributed by atoms with E-state index in [-0.39, 0.29) is 12.5 Å². The number of likely N-dealkylation sites (N-methyl/N-ethyl adjacent to an activating group) is 1. The number of carbonyl (C=O) groups excluding carboxylic acids is 2. The number of halogens is 1. The topological polar surface area (TPSA) is 65.1 Å². The molecule has 0 atom stereocenters. The Balaban J connectivity index is 1.91. The lowest BCUT2D eigenvalue weighted by Gasteiger charge is -2.16. The predicted molar refractivity (Wildman–Crippen MR) is 112 cm³/mol. The van der Waals surface area contributed by atoms with Crippen molar-refractivity contribution in [2.45, 2.75) is 13.5 Å². The number of nitrogens with zero attached hydrogens (tertiary/aromatic N) is 1. The Morgan fingerprint density at radius 1 is 1.17 bits per heavy atom. The van der Waals surface area contributed by atoms with Crippen molar-refractivity contribution >= 4 is 29.6 Å². The van der Waals surface area contributed by atoms with Crippen LogP contribution >= 0.6 is 11.6 Å². The Morgan fingerprint density at radius 2 is 1.90 bits per heavy atom. The second-order valence-electron chi connectivity index (χ2n) is 6.14. The fourth-order valence-corrected chi connectivity index (χ4v) is 2.84. The lowest BCUT2D eigenvalue weighted by molar-refractivity contribution is -0.147. The molecule has 0 aliphatic rings. The van der Waals surface area contributed by atoms with Crippen LogP contribution in [-0.4, -0.2) is 44.1 Å². The molecule has 0 bridgehead atoms. The monoisotopic (exact) mass is 417 g/mol. The van der Waals surface area contributed by atoms with Crippen LogP contribution < -0.4 is 9.47 Å². The maximum atomic E-state index is 12.1. The summed E-state index contributed by atoms with van der Waals surface area (Å²) in [6.45, 7) is 2.40.